The number of hydrogen-bond acceptors (Lipinski definition) is 6. The summed E-state index contributed by atoms with van der Waals surface area (Å²) in [5.74, 6) is -2.58. The van der Waals surface area contributed by atoms with Gasteiger partial charge in [0, 0.05) is 5.92 Å². The van der Waals surface area contributed by atoms with Gasteiger partial charge in [-0.3, -0.25) is 9.59 Å². The van der Waals surface area contributed by atoms with Gasteiger partial charge in [-0.05, 0) is 53.1 Å². The number of alkyl carbamates (subject to hydrolysis) is 1. The molecule has 1 N–H and O–H groups in total. The van der Waals surface area contributed by atoms with Gasteiger partial charge in [-0.15, -0.1) is 0 Å². The SMILES string of the molecule is O=C(NC(C(=O)ON1C(=O)c2ccccc2C1=O)C1CCCCCC1)OCC1c2ccccc2-c2ccccc21. The fourth-order valence-corrected chi connectivity index (χ4v) is 6.18. The third-order valence-electron chi connectivity index (χ3n) is 8.18. The van der Waals surface area contributed by atoms with Crippen molar-refractivity contribution in [1.82, 2.24) is 10.4 Å². The average molecular weight is 539 g/mol. The van der Waals surface area contributed by atoms with Crippen LogP contribution in [-0.2, 0) is 14.4 Å². The second-order valence-electron chi connectivity index (χ2n) is 10.6. The second kappa shape index (κ2) is 11.0. The molecule has 2 aliphatic carbocycles. The fraction of sp³-hybridized carbons (Fsp3) is 0.312. The van der Waals surface area contributed by atoms with Crippen molar-refractivity contribution >= 4 is 23.9 Å². The van der Waals surface area contributed by atoms with Crippen LogP contribution >= 0.6 is 0 Å². The molecule has 1 fully saturated rings. The average Bonchev–Trinajstić information content (AvgIpc) is 3.24. The lowest BCUT2D eigenvalue weighted by Gasteiger charge is -2.26. The minimum absolute atomic E-state index is 0.102. The number of nitrogens with one attached hydrogen (secondary N) is 1. The highest BCUT2D eigenvalue weighted by atomic mass is 16.7. The van der Waals surface area contributed by atoms with Crippen molar-refractivity contribution in [3.8, 4) is 11.1 Å². The van der Waals surface area contributed by atoms with E-state index in [0.29, 0.717) is 17.9 Å². The highest BCUT2D eigenvalue weighted by Gasteiger charge is 2.42. The molecule has 6 rings (SSSR count). The summed E-state index contributed by atoms with van der Waals surface area (Å²) >= 11 is 0. The topological polar surface area (TPSA) is 102 Å². The van der Waals surface area contributed by atoms with E-state index in [2.05, 4.69) is 17.4 Å². The minimum Gasteiger partial charge on any atom is -0.449 e. The number of carbonyl (C=O) groups is 4. The van der Waals surface area contributed by atoms with Crippen LogP contribution in [-0.4, -0.2) is 41.6 Å². The number of nitrogens with zero attached hydrogens (tertiary/aromatic N) is 1. The van der Waals surface area contributed by atoms with E-state index in [1.54, 1.807) is 12.1 Å². The molecule has 8 nitrogen and oxygen atoms in total. The van der Waals surface area contributed by atoms with Gasteiger partial charge in [-0.2, -0.15) is 0 Å². The van der Waals surface area contributed by atoms with E-state index in [1.807, 2.05) is 36.4 Å². The van der Waals surface area contributed by atoms with Gasteiger partial charge >= 0.3 is 12.1 Å². The molecule has 0 spiro atoms. The Kier molecular flexibility index (Phi) is 7.07. The second-order valence-corrected chi connectivity index (χ2v) is 10.6. The van der Waals surface area contributed by atoms with E-state index in [9.17, 15) is 19.2 Å². The lowest BCUT2D eigenvalue weighted by molar-refractivity contribution is -0.172. The molecule has 3 aromatic carbocycles. The first-order valence-corrected chi connectivity index (χ1v) is 13.8. The van der Waals surface area contributed by atoms with Crippen molar-refractivity contribution in [2.75, 3.05) is 6.61 Å². The summed E-state index contributed by atoms with van der Waals surface area (Å²) in [6, 6.07) is 21.4. The quantitative estimate of drug-likeness (QED) is 0.323. The van der Waals surface area contributed by atoms with E-state index in [4.69, 9.17) is 9.57 Å². The van der Waals surface area contributed by atoms with Gasteiger partial charge in [-0.25, -0.2) is 9.59 Å². The summed E-state index contributed by atoms with van der Waals surface area (Å²) in [6.45, 7) is 0.102. The summed E-state index contributed by atoms with van der Waals surface area (Å²) in [5, 5.41) is 3.22. The standard InChI is InChI=1S/C32H30N2O6/c35-29-25-17-9-10-18-26(25)30(36)34(29)40-31(37)28(20-11-3-1-2-4-12-20)33-32(38)39-19-27-23-15-7-5-13-21(23)22-14-6-8-16-24(22)27/h5-10,13-18,20,27-28H,1-4,11-12,19H2,(H,33,38). The van der Waals surface area contributed by atoms with Crippen molar-refractivity contribution in [2.45, 2.75) is 50.5 Å². The monoisotopic (exact) mass is 538 g/mol. The van der Waals surface area contributed by atoms with Crippen LogP contribution < -0.4 is 5.32 Å². The maximum Gasteiger partial charge on any atom is 0.407 e. The van der Waals surface area contributed by atoms with Crippen LogP contribution in [0.25, 0.3) is 11.1 Å². The van der Waals surface area contributed by atoms with Crippen molar-refractivity contribution in [3.63, 3.8) is 0 Å². The first-order chi connectivity index (χ1) is 19.5. The molecular weight excluding hydrogens is 508 g/mol. The van der Waals surface area contributed by atoms with Crippen molar-refractivity contribution in [2.24, 2.45) is 5.92 Å². The van der Waals surface area contributed by atoms with Gasteiger partial charge in [0.2, 0.25) is 0 Å². The maximum atomic E-state index is 13.4. The Labute approximate surface area is 232 Å². The van der Waals surface area contributed by atoms with E-state index >= 15 is 0 Å². The molecule has 3 aliphatic rings. The number of benzene rings is 3. The first-order valence-electron chi connectivity index (χ1n) is 13.8. The molecule has 0 saturated heterocycles. The predicted molar refractivity (Wildman–Crippen MR) is 146 cm³/mol. The Morgan fingerprint density at radius 3 is 1.80 bits per heavy atom. The van der Waals surface area contributed by atoms with Crippen LogP contribution in [0.4, 0.5) is 4.79 Å². The summed E-state index contributed by atoms with van der Waals surface area (Å²) in [7, 11) is 0. The van der Waals surface area contributed by atoms with E-state index in [0.717, 1.165) is 47.9 Å². The Bertz CT molecular complexity index is 1390. The van der Waals surface area contributed by atoms with E-state index in [1.165, 1.54) is 12.1 Å². The van der Waals surface area contributed by atoms with Crippen molar-refractivity contribution in [3.05, 3.63) is 95.1 Å². The van der Waals surface area contributed by atoms with Crippen LogP contribution in [0.3, 0.4) is 0 Å². The Morgan fingerprint density at radius 1 is 0.750 bits per heavy atom. The number of imide groups is 1. The molecule has 3 aromatic rings. The molecule has 0 bridgehead atoms. The number of fused-ring (bicyclic) bond motifs is 4. The lowest BCUT2D eigenvalue weighted by Crippen LogP contribution is -2.49. The Hall–Kier alpha value is -4.46. The van der Waals surface area contributed by atoms with Crippen LogP contribution in [0.1, 0.15) is 76.3 Å². The highest BCUT2D eigenvalue weighted by Crippen LogP contribution is 2.44. The Balaban J connectivity index is 1.17. The summed E-state index contributed by atoms with van der Waals surface area (Å²) in [4.78, 5) is 57.5. The first kappa shape index (κ1) is 25.8. The number of amides is 3. The third-order valence-corrected chi connectivity index (χ3v) is 8.18. The number of rotatable bonds is 6. The molecule has 0 radical (unpaired) electrons. The smallest absolute Gasteiger partial charge is 0.407 e. The molecular formula is C32H30N2O6. The largest absolute Gasteiger partial charge is 0.449 e. The zero-order chi connectivity index (χ0) is 27.6. The van der Waals surface area contributed by atoms with Crippen LogP contribution in [0.5, 0.6) is 0 Å². The fourth-order valence-electron chi connectivity index (χ4n) is 6.18. The van der Waals surface area contributed by atoms with Gasteiger partial charge in [-0.1, -0.05) is 91.4 Å². The van der Waals surface area contributed by atoms with Crippen molar-refractivity contribution in [1.29, 1.82) is 0 Å². The maximum absolute atomic E-state index is 13.4. The number of hydroxylamine groups is 2. The zero-order valence-electron chi connectivity index (χ0n) is 22.0. The molecule has 1 atom stereocenters. The van der Waals surface area contributed by atoms with E-state index in [-0.39, 0.29) is 29.6 Å². The van der Waals surface area contributed by atoms with Gasteiger partial charge in [0.25, 0.3) is 11.8 Å². The van der Waals surface area contributed by atoms with Crippen molar-refractivity contribution < 1.29 is 28.8 Å². The van der Waals surface area contributed by atoms with Gasteiger partial charge in [0.05, 0.1) is 11.1 Å². The normalized spacial score (nSPS) is 17.4. The number of carbonyl (C=O) groups excluding carboxylic acids is 4. The molecule has 8 heteroatoms. The van der Waals surface area contributed by atoms with E-state index < -0.39 is 29.9 Å². The molecule has 40 heavy (non-hydrogen) atoms. The summed E-state index contributed by atoms with van der Waals surface area (Å²) < 4.78 is 5.70. The number of hydrogen-bond donors (Lipinski definition) is 1. The highest BCUT2D eigenvalue weighted by molar-refractivity contribution is 6.21. The molecule has 1 unspecified atom stereocenters. The van der Waals surface area contributed by atoms with Crippen LogP contribution in [0.2, 0.25) is 0 Å². The molecule has 3 amide bonds. The lowest BCUT2D eigenvalue weighted by atomic mass is 9.92. The van der Waals surface area contributed by atoms with Crippen LogP contribution in [0.15, 0.2) is 72.8 Å². The summed E-state index contributed by atoms with van der Waals surface area (Å²) in [6.07, 6.45) is 4.59. The van der Waals surface area contributed by atoms with Gasteiger partial charge in [0.1, 0.15) is 12.6 Å². The molecule has 1 saturated carbocycles. The summed E-state index contributed by atoms with van der Waals surface area (Å²) in [5.41, 5.74) is 4.76. The van der Waals surface area contributed by atoms with Crippen LogP contribution in [0, 0.1) is 5.92 Å². The molecule has 0 aromatic heterocycles. The molecule has 204 valence electrons. The molecule has 1 heterocycles. The minimum atomic E-state index is -1.06. The molecule has 1 aliphatic heterocycles. The zero-order valence-corrected chi connectivity index (χ0v) is 22.0. The number of ether oxygens (including phenoxy) is 1. The third kappa shape index (κ3) is 4.74. The predicted octanol–water partition coefficient (Wildman–Crippen LogP) is 5.62. The Morgan fingerprint density at radius 2 is 1.25 bits per heavy atom. The van der Waals surface area contributed by atoms with Gasteiger partial charge < -0.3 is 14.9 Å². The van der Waals surface area contributed by atoms with Gasteiger partial charge in [0.15, 0.2) is 0 Å².